The molecule has 0 radical (unpaired) electrons. The molecule has 3 N–H and O–H groups in total. The van der Waals surface area contributed by atoms with Gasteiger partial charge >= 0.3 is 6.18 Å². The fraction of sp³-hybridized carbons (Fsp3) is 0.100. The fourth-order valence-electron chi connectivity index (χ4n) is 1.24. The van der Waals surface area contributed by atoms with Crippen molar-refractivity contribution in [2.45, 2.75) is 6.18 Å². The van der Waals surface area contributed by atoms with E-state index >= 15 is 0 Å². The van der Waals surface area contributed by atoms with Gasteiger partial charge in [-0.15, -0.1) is 12.4 Å². The zero-order valence-corrected chi connectivity index (χ0v) is 10.2. The smallest absolute Gasteiger partial charge is 0.368 e. The Morgan fingerprint density at radius 1 is 1.05 bits per heavy atom. The van der Waals surface area contributed by atoms with Gasteiger partial charge in [0, 0.05) is 5.69 Å². The zero-order valence-electron chi connectivity index (χ0n) is 9.35. The Hall–Kier alpha value is -2.09. The predicted molar refractivity (Wildman–Crippen MR) is 66.2 cm³/mol. The van der Waals surface area contributed by atoms with Crippen molar-refractivity contribution in [2.24, 2.45) is 0 Å². The molecule has 0 saturated heterocycles. The Morgan fingerprint density at radius 3 is 2.21 bits per heavy atom. The third kappa shape index (κ3) is 3.95. The third-order valence-electron chi connectivity index (χ3n) is 2.06. The number of nitrogens with zero attached hydrogens (tertiary/aromatic N) is 3. The molecule has 102 valence electrons. The van der Waals surface area contributed by atoms with Gasteiger partial charge in [-0.25, -0.2) is 9.97 Å². The molecule has 0 atom stereocenters. The lowest BCUT2D eigenvalue weighted by Gasteiger charge is -2.08. The summed E-state index contributed by atoms with van der Waals surface area (Å²) in [6.07, 6.45) is -3.15. The van der Waals surface area contributed by atoms with Crippen LogP contribution in [0.15, 0.2) is 30.6 Å². The van der Waals surface area contributed by atoms with E-state index in [1.807, 2.05) is 0 Å². The van der Waals surface area contributed by atoms with Crippen LogP contribution in [0.1, 0.15) is 5.56 Å². The Kier molecular flexibility index (Phi) is 4.49. The number of nitrogen functional groups attached to an aromatic ring is 1. The van der Waals surface area contributed by atoms with Crippen LogP contribution in [-0.4, -0.2) is 15.0 Å². The summed E-state index contributed by atoms with van der Waals surface area (Å²) in [6, 6.07) is 4.49. The topological polar surface area (TPSA) is 76.7 Å². The van der Waals surface area contributed by atoms with Crippen molar-refractivity contribution < 1.29 is 13.2 Å². The van der Waals surface area contributed by atoms with E-state index in [4.69, 9.17) is 5.73 Å². The molecule has 2 aromatic rings. The second kappa shape index (κ2) is 5.70. The van der Waals surface area contributed by atoms with Crippen LogP contribution in [0.2, 0.25) is 0 Å². The standard InChI is InChI=1S/C10H8F3N5.ClH/c11-10(12,13)6-1-3-7(4-2-6)17-9-16-5-15-8(14)18-9;/h1-5H,(H3,14,15,16,17,18);1H. The summed E-state index contributed by atoms with van der Waals surface area (Å²) in [6.45, 7) is 0. The van der Waals surface area contributed by atoms with E-state index in [1.165, 1.54) is 18.5 Å². The van der Waals surface area contributed by atoms with Gasteiger partial charge in [0.25, 0.3) is 0 Å². The lowest BCUT2D eigenvalue weighted by Crippen LogP contribution is -2.05. The maximum Gasteiger partial charge on any atom is 0.416 e. The monoisotopic (exact) mass is 291 g/mol. The second-order valence-corrected chi connectivity index (χ2v) is 3.37. The lowest BCUT2D eigenvalue weighted by molar-refractivity contribution is -0.137. The van der Waals surface area contributed by atoms with Gasteiger partial charge in [-0.2, -0.15) is 18.2 Å². The number of halogens is 4. The van der Waals surface area contributed by atoms with Gasteiger partial charge < -0.3 is 11.1 Å². The number of rotatable bonds is 2. The van der Waals surface area contributed by atoms with Crippen molar-refractivity contribution in [3.63, 3.8) is 0 Å². The van der Waals surface area contributed by atoms with Crippen LogP contribution in [-0.2, 0) is 6.18 Å². The number of hydrogen-bond acceptors (Lipinski definition) is 5. The summed E-state index contributed by atoms with van der Waals surface area (Å²) < 4.78 is 37.0. The second-order valence-electron chi connectivity index (χ2n) is 3.37. The van der Waals surface area contributed by atoms with E-state index in [9.17, 15) is 13.2 Å². The van der Waals surface area contributed by atoms with E-state index in [0.717, 1.165) is 12.1 Å². The van der Waals surface area contributed by atoms with Crippen molar-refractivity contribution in [3.8, 4) is 0 Å². The number of aromatic nitrogens is 3. The molecule has 5 nitrogen and oxygen atoms in total. The van der Waals surface area contributed by atoms with E-state index in [0.29, 0.717) is 5.69 Å². The van der Waals surface area contributed by atoms with Crippen molar-refractivity contribution >= 4 is 30.0 Å². The first-order valence-electron chi connectivity index (χ1n) is 4.84. The van der Waals surface area contributed by atoms with Crippen LogP contribution in [0.3, 0.4) is 0 Å². The minimum Gasteiger partial charge on any atom is -0.368 e. The van der Waals surface area contributed by atoms with E-state index in [1.54, 1.807) is 0 Å². The van der Waals surface area contributed by atoms with E-state index < -0.39 is 11.7 Å². The minimum atomic E-state index is -4.35. The van der Waals surface area contributed by atoms with Gasteiger partial charge in [0.15, 0.2) is 0 Å². The first-order valence-corrected chi connectivity index (χ1v) is 4.84. The number of alkyl halides is 3. The number of anilines is 3. The minimum absolute atomic E-state index is 0. The highest BCUT2D eigenvalue weighted by molar-refractivity contribution is 5.85. The molecular weight excluding hydrogens is 283 g/mol. The molecule has 1 heterocycles. The summed E-state index contributed by atoms with van der Waals surface area (Å²) in [4.78, 5) is 11.1. The summed E-state index contributed by atoms with van der Waals surface area (Å²) in [5, 5.41) is 2.71. The molecule has 0 aliphatic heterocycles. The van der Waals surface area contributed by atoms with Crippen LogP contribution < -0.4 is 11.1 Å². The van der Waals surface area contributed by atoms with Crippen LogP contribution in [0.4, 0.5) is 30.8 Å². The molecule has 0 fully saturated rings. The molecule has 0 aliphatic carbocycles. The average Bonchev–Trinajstić information content (AvgIpc) is 2.28. The molecule has 0 amide bonds. The fourth-order valence-corrected chi connectivity index (χ4v) is 1.24. The van der Waals surface area contributed by atoms with Crippen LogP contribution in [0.5, 0.6) is 0 Å². The van der Waals surface area contributed by atoms with Crippen LogP contribution in [0, 0.1) is 0 Å². The zero-order chi connectivity index (χ0) is 13.2. The van der Waals surface area contributed by atoms with E-state index in [-0.39, 0.29) is 24.3 Å². The van der Waals surface area contributed by atoms with Crippen molar-refractivity contribution in [1.29, 1.82) is 0 Å². The van der Waals surface area contributed by atoms with Gasteiger partial charge in [-0.05, 0) is 24.3 Å². The highest BCUT2D eigenvalue weighted by Gasteiger charge is 2.29. The molecule has 0 unspecified atom stereocenters. The largest absolute Gasteiger partial charge is 0.416 e. The average molecular weight is 292 g/mol. The summed E-state index contributed by atoms with van der Waals surface area (Å²) in [7, 11) is 0. The van der Waals surface area contributed by atoms with Gasteiger partial charge in [-0.3, -0.25) is 0 Å². The molecule has 1 aromatic heterocycles. The van der Waals surface area contributed by atoms with Crippen molar-refractivity contribution in [3.05, 3.63) is 36.2 Å². The third-order valence-corrected chi connectivity index (χ3v) is 2.06. The summed E-state index contributed by atoms with van der Waals surface area (Å²) in [5.74, 6) is 0.196. The van der Waals surface area contributed by atoms with Crippen LogP contribution >= 0.6 is 12.4 Å². The van der Waals surface area contributed by atoms with Gasteiger partial charge in [0.2, 0.25) is 11.9 Å². The molecule has 19 heavy (non-hydrogen) atoms. The SMILES string of the molecule is Cl.Nc1ncnc(Nc2ccc(C(F)(F)F)cc2)n1. The first-order chi connectivity index (χ1) is 8.45. The maximum atomic E-state index is 12.3. The molecule has 0 saturated carbocycles. The molecular formula is C10H9ClF3N5. The Labute approximate surface area is 112 Å². The Balaban J connectivity index is 0.00000180. The molecule has 1 aromatic carbocycles. The predicted octanol–water partition coefficient (Wildman–Crippen LogP) is 2.64. The van der Waals surface area contributed by atoms with Gasteiger partial charge in [0.1, 0.15) is 6.33 Å². The lowest BCUT2D eigenvalue weighted by atomic mass is 10.2. The van der Waals surface area contributed by atoms with Crippen molar-refractivity contribution in [1.82, 2.24) is 15.0 Å². The van der Waals surface area contributed by atoms with Gasteiger partial charge in [0.05, 0.1) is 5.56 Å². The molecule has 0 spiro atoms. The highest BCUT2D eigenvalue weighted by atomic mass is 35.5. The maximum absolute atomic E-state index is 12.3. The number of hydrogen-bond donors (Lipinski definition) is 2. The van der Waals surface area contributed by atoms with E-state index in [2.05, 4.69) is 20.3 Å². The first kappa shape index (κ1) is 15.0. The molecule has 0 aliphatic rings. The Bertz CT molecular complexity index is 544. The normalized spacial score (nSPS) is 10.7. The number of nitrogens with two attached hydrogens (primary N) is 1. The summed E-state index contributed by atoms with van der Waals surface area (Å²) in [5.41, 5.74) is 5.05. The molecule has 0 bridgehead atoms. The quantitative estimate of drug-likeness (QED) is 0.889. The Morgan fingerprint density at radius 2 is 1.68 bits per heavy atom. The van der Waals surface area contributed by atoms with Gasteiger partial charge in [-0.1, -0.05) is 0 Å². The van der Waals surface area contributed by atoms with Crippen LogP contribution in [0.25, 0.3) is 0 Å². The molecule has 9 heteroatoms. The van der Waals surface area contributed by atoms with Crippen molar-refractivity contribution in [2.75, 3.05) is 11.1 Å². The molecule has 2 rings (SSSR count). The highest BCUT2D eigenvalue weighted by Crippen LogP contribution is 2.30. The summed E-state index contributed by atoms with van der Waals surface area (Å²) >= 11 is 0. The number of benzene rings is 1. The number of nitrogens with one attached hydrogen (secondary N) is 1.